The molecular weight excluding hydrogens is 309 g/mol. The van der Waals surface area contributed by atoms with Gasteiger partial charge in [0.25, 0.3) is 5.91 Å². The zero-order valence-electron chi connectivity index (χ0n) is 9.37. The van der Waals surface area contributed by atoms with Gasteiger partial charge < -0.3 is 9.64 Å². The number of amides is 1. The van der Waals surface area contributed by atoms with E-state index in [1.54, 1.807) is 18.2 Å². The highest BCUT2D eigenvalue weighted by Crippen LogP contribution is 2.22. The molecule has 0 saturated heterocycles. The number of hydrogen-bond acceptors (Lipinski definition) is 3. The highest BCUT2D eigenvalue weighted by Gasteiger charge is 2.17. The molecule has 0 unspecified atom stereocenters. The maximum Gasteiger partial charge on any atom is 0.325 e. The Morgan fingerprint density at radius 3 is 2.71 bits per heavy atom. The van der Waals surface area contributed by atoms with Gasteiger partial charge in [-0.15, -0.1) is 0 Å². The smallest absolute Gasteiger partial charge is 0.325 e. The summed E-state index contributed by atoms with van der Waals surface area (Å²) in [6.45, 7) is -0.113. The van der Waals surface area contributed by atoms with Crippen molar-refractivity contribution in [1.29, 1.82) is 0 Å². The van der Waals surface area contributed by atoms with Crippen molar-refractivity contribution in [1.82, 2.24) is 4.90 Å². The molecule has 17 heavy (non-hydrogen) atoms. The number of benzene rings is 1. The van der Waals surface area contributed by atoms with E-state index < -0.39 is 5.97 Å². The van der Waals surface area contributed by atoms with E-state index in [-0.39, 0.29) is 12.5 Å². The van der Waals surface area contributed by atoms with E-state index in [2.05, 4.69) is 20.7 Å². The summed E-state index contributed by atoms with van der Waals surface area (Å²) in [5.41, 5.74) is 0.340. The number of carbonyl (C=O) groups excluding carboxylic acids is 2. The van der Waals surface area contributed by atoms with Crippen molar-refractivity contribution in [2.24, 2.45) is 0 Å². The molecule has 6 heteroatoms. The zero-order valence-corrected chi connectivity index (χ0v) is 11.7. The third-order valence-corrected chi connectivity index (χ3v) is 2.92. The SMILES string of the molecule is COC(=O)CN(C)C(=O)c1cc(Br)ccc1Cl. The molecule has 0 radical (unpaired) electrons. The number of likely N-dealkylation sites (N-methyl/N-ethyl adjacent to an activating group) is 1. The molecule has 0 spiro atoms. The number of esters is 1. The maximum atomic E-state index is 12.0. The van der Waals surface area contributed by atoms with Crippen LogP contribution in [0.25, 0.3) is 0 Å². The molecule has 0 N–H and O–H groups in total. The summed E-state index contributed by atoms with van der Waals surface area (Å²) < 4.78 is 5.23. The summed E-state index contributed by atoms with van der Waals surface area (Å²) in [6.07, 6.45) is 0. The number of rotatable bonds is 3. The number of methoxy groups -OCH3 is 1. The van der Waals surface area contributed by atoms with Crippen LogP contribution in [0.1, 0.15) is 10.4 Å². The zero-order chi connectivity index (χ0) is 13.0. The third-order valence-electron chi connectivity index (χ3n) is 2.10. The van der Waals surface area contributed by atoms with Crippen molar-refractivity contribution in [2.75, 3.05) is 20.7 Å². The minimum atomic E-state index is -0.480. The molecule has 92 valence electrons. The second-order valence-corrected chi connectivity index (χ2v) is 4.68. The molecule has 1 amide bonds. The second kappa shape index (κ2) is 6.02. The van der Waals surface area contributed by atoms with Gasteiger partial charge in [0, 0.05) is 11.5 Å². The van der Waals surface area contributed by atoms with Gasteiger partial charge in [-0.3, -0.25) is 9.59 Å². The maximum absolute atomic E-state index is 12.0. The lowest BCUT2D eigenvalue weighted by atomic mass is 10.2. The Bertz CT molecular complexity index is 450. The Kier molecular flexibility index (Phi) is 4.96. The van der Waals surface area contributed by atoms with Crippen LogP contribution in [0.15, 0.2) is 22.7 Å². The van der Waals surface area contributed by atoms with Crippen LogP contribution in [0, 0.1) is 0 Å². The highest BCUT2D eigenvalue weighted by atomic mass is 79.9. The first-order valence-corrected chi connectivity index (χ1v) is 5.90. The van der Waals surface area contributed by atoms with Crippen molar-refractivity contribution >= 4 is 39.4 Å². The van der Waals surface area contributed by atoms with Gasteiger partial charge in [0.2, 0.25) is 0 Å². The average molecular weight is 321 g/mol. The van der Waals surface area contributed by atoms with Crippen LogP contribution in [0.5, 0.6) is 0 Å². The first-order chi connectivity index (χ1) is 7.95. The summed E-state index contributed by atoms with van der Waals surface area (Å²) in [6, 6.07) is 4.96. The van der Waals surface area contributed by atoms with E-state index >= 15 is 0 Å². The van der Waals surface area contributed by atoms with Crippen molar-refractivity contribution in [3.63, 3.8) is 0 Å². The summed E-state index contributed by atoms with van der Waals surface area (Å²) in [7, 11) is 2.78. The molecule has 4 nitrogen and oxygen atoms in total. The molecular formula is C11H11BrClNO3. The lowest BCUT2D eigenvalue weighted by molar-refractivity contribution is -0.141. The monoisotopic (exact) mass is 319 g/mol. The molecule has 0 heterocycles. The molecule has 0 aliphatic rings. The average Bonchev–Trinajstić information content (AvgIpc) is 2.31. The Labute approximate surface area is 113 Å². The van der Waals surface area contributed by atoms with Gasteiger partial charge >= 0.3 is 5.97 Å². The fourth-order valence-electron chi connectivity index (χ4n) is 1.20. The molecule has 0 fully saturated rings. The summed E-state index contributed by atoms with van der Waals surface area (Å²) >= 11 is 9.18. The number of hydrogen-bond donors (Lipinski definition) is 0. The predicted octanol–water partition coefficient (Wildman–Crippen LogP) is 2.35. The van der Waals surface area contributed by atoms with E-state index in [1.807, 2.05) is 0 Å². The minimum absolute atomic E-state index is 0.113. The Balaban J connectivity index is 2.88. The van der Waals surface area contributed by atoms with Gasteiger partial charge in [-0.1, -0.05) is 27.5 Å². The first-order valence-electron chi connectivity index (χ1n) is 4.73. The molecule has 0 saturated carbocycles. The topological polar surface area (TPSA) is 46.6 Å². The van der Waals surface area contributed by atoms with Crippen molar-refractivity contribution in [2.45, 2.75) is 0 Å². The van der Waals surface area contributed by atoms with Crippen LogP contribution in [0.2, 0.25) is 5.02 Å². The quantitative estimate of drug-likeness (QED) is 0.803. The van der Waals surface area contributed by atoms with Crippen molar-refractivity contribution < 1.29 is 14.3 Å². The van der Waals surface area contributed by atoms with Crippen molar-refractivity contribution in [3.8, 4) is 0 Å². The summed E-state index contributed by atoms with van der Waals surface area (Å²) in [5, 5.41) is 0.343. The second-order valence-electron chi connectivity index (χ2n) is 3.36. The van der Waals surface area contributed by atoms with Gasteiger partial charge in [0.05, 0.1) is 17.7 Å². The molecule has 1 aromatic carbocycles. The molecule has 0 aliphatic heterocycles. The fraction of sp³-hybridized carbons (Fsp3) is 0.273. The largest absolute Gasteiger partial charge is 0.468 e. The summed E-state index contributed by atoms with van der Waals surface area (Å²) in [5.74, 6) is -0.811. The molecule has 0 bridgehead atoms. The van der Waals surface area contributed by atoms with E-state index in [4.69, 9.17) is 11.6 Å². The van der Waals surface area contributed by atoms with E-state index in [0.29, 0.717) is 10.6 Å². The number of ether oxygens (including phenoxy) is 1. The lowest BCUT2D eigenvalue weighted by Crippen LogP contribution is -2.32. The molecule has 0 aliphatic carbocycles. The number of carbonyl (C=O) groups is 2. The van der Waals surface area contributed by atoms with Gasteiger partial charge in [0.15, 0.2) is 0 Å². The van der Waals surface area contributed by atoms with E-state index in [9.17, 15) is 9.59 Å². The lowest BCUT2D eigenvalue weighted by Gasteiger charge is -2.16. The summed E-state index contributed by atoms with van der Waals surface area (Å²) in [4.78, 5) is 24.3. The standard InChI is InChI=1S/C11H11BrClNO3/c1-14(6-10(15)17-2)11(16)8-5-7(12)3-4-9(8)13/h3-5H,6H2,1-2H3. The molecule has 0 atom stereocenters. The molecule has 1 aromatic rings. The van der Waals surface area contributed by atoms with Crippen LogP contribution >= 0.6 is 27.5 Å². The Morgan fingerprint density at radius 1 is 1.47 bits per heavy atom. The predicted molar refractivity (Wildman–Crippen MR) is 68.1 cm³/mol. The van der Waals surface area contributed by atoms with Gasteiger partial charge in [-0.25, -0.2) is 0 Å². The van der Waals surface area contributed by atoms with E-state index in [1.165, 1.54) is 19.1 Å². The van der Waals surface area contributed by atoms with Crippen LogP contribution in [-0.4, -0.2) is 37.5 Å². The van der Waals surface area contributed by atoms with Crippen LogP contribution in [0.3, 0.4) is 0 Å². The first kappa shape index (κ1) is 14.0. The third kappa shape index (κ3) is 3.71. The molecule has 1 rings (SSSR count). The number of nitrogens with zero attached hydrogens (tertiary/aromatic N) is 1. The Morgan fingerprint density at radius 2 is 2.12 bits per heavy atom. The van der Waals surface area contributed by atoms with Gasteiger partial charge in [0.1, 0.15) is 6.54 Å². The highest BCUT2D eigenvalue weighted by molar-refractivity contribution is 9.10. The normalized spacial score (nSPS) is 9.88. The van der Waals surface area contributed by atoms with Gasteiger partial charge in [-0.2, -0.15) is 0 Å². The van der Waals surface area contributed by atoms with Crippen LogP contribution in [-0.2, 0) is 9.53 Å². The fourth-order valence-corrected chi connectivity index (χ4v) is 1.76. The molecule has 0 aromatic heterocycles. The Hall–Kier alpha value is -1.07. The van der Waals surface area contributed by atoms with Crippen LogP contribution < -0.4 is 0 Å². The van der Waals surface area contributed by atoms with Crippen molar-refractivity contribution in [3.05, 3.63) is 33.3 Å². The van der Waals surface area contributed by atoms with Crippen LogP contribution in [0.4, 0.5) is 0 Å². The minimum Gasteiger partial charge on any atom is -0.468 e. The van der Waals surface area contributed by atoms with Gasteiger partial charge in [-0.05, 0) is 18.2 Å². The number of halogens is 2. The van der Waals surface area contributed by atoms with E-state index in [0.717, 1.165) is 4.47 Å².